The summed E-state index contributed by atoms with van der Waals surface area (Å²) in [5.41, 5.74) is 0.972. The predicted molar refractivity (Wildman–Crippen MR) is 73.0 cm³/mol. The molecule has 0 saturated carbocycles. The average molecular weight is 255 g/mol. The van der Waals surface area contributed by atoms with Crippen LogP contribution in [0.15, 0.2) is 24.3 Å². The van der Waals surface area contributed by atoms with Crippen LogP contribution in [0.3, 0.4) is 0 Å². The Bertz CT molecular complexity index is 511. The van der Waals surface area contributed by atoms with Crippen LogP contribution in [-0.2, 0) is 4.79 Å². The SMILES string of the molecule is CCCC(C#N)CCC(=O)Nc1ccccc1C#N. The van der Waals surface area contributed by atoms with E-state index in [4.69, 9.17) is 10.5 Å². The third-order valence-electron chi connectivity index (χ3n) is 2.86. The molecule has 1 aromatic rings. The van der Waals surface area contributed by atoms with Crippen molar-refractivity contribution in [3.8, 4) is 12.1 Å². The van der Waals surface area contributed by atoms with E-state index in [-0.39, 0.29) is 11.8 Å². The zero-order valence-corrected chi connectivity index (χ0v) is 11.0. The summed E-state index contributed by atoms with van der Waals surface area (Å²) in [4.78, 5) is 11.8. The van der Waals surface area contributed by atoms with Crippen LogP contribution in [0.2, 0.25) is 0 Å². The molecule has 0 aromatic heterocycles. The molecule has 1 amide bonds. The van der Waals surface area contributed by atoms with Gasteiger partial charge >= 0.3 is 0 Å². The van der Waals surface area contributed by atoms with Gasteiger partial charge < -0.3 is 5.32 Å². The van der Waals surface area contributed by atoms with Crippen LogP contribution in [0.5, 0.6) is 0 Å². The van der Waals surface area contributed by atoms with Gasteiger partial charge in [0.25, 0.3) is 0 Å². The number of rotatable bonds is 6. The number of para-hydroxylation sites is 1. The van der Waals surface area contributed by atoms with Gasteiger partial charge in [0, 0.05) is 12.3 Å². The number of nitrogens with one attached hydrogen (secondary N) is 1. The summed E-state index contributed by atoms with van der Waals surface area (Å²) < 4.78 is 0. The Balaban J connectivity index is 2.52. The average Bonchev–Trinajstić information content (AvgIpc) is 2.44. The summed E-state index contributed by atoms with van der Waals surface area (Å²) in [6, 6.07) is 11.1. The lowest BCUT2D eigenvalue weighted by Gasteiger charge is -2.09. The zero-order chi connectivity index (χ0) is 14.1. The number of benzene rings is 1. The van der Waals surface area contributed by atoms with Gasteiger partial charge in [0.05, 0.1) is 17.3 Å². The fourth-order valence-electron chi connectivity index (χ4n) is 1.83. The first-order valence-corrected chi connectivity index (χ1v) is 6.39. The summed E-state index contributed by atoms with van der Waals surface area (Å²) in [5, 5.41) is 20.5. The summed E-state index contributed by atoms with van der Waals surface area (Å²) >= 11 is 0. The molecule has 0 aliphatic carbocycles. The first kappa shape index (κ1) is 14.7. The van der Waals surface area contributed by atoms with Gasteiger partial charge in [0.2, 0.25) is 5.91 Å². The van der Waals surface area contributed by atoms with Crippen molar-refractivity contribution in [2.24, 2.45) is 5.92 Å². The number of anilines is 1. The highest BCUT2D eigenvalue weighted by atomic mass is 16.1. The monoisotopic (exact) mass is 255 g/mol. The van der Waals surface area contributed by atoms with Crippen molar-refractivity contribution < 1.29 is 4.79 Å². The minimum atomic E-state index is -0.154. The molecule has 19 heavy (non-hydrogen) atoms. The largest absolute Gasteiger partial charge is 0.325 e. The molecule has 0 bridgehead atoms. The molecule has 4 nitrogen and oxygen atoms in total. The number of carbonyl (C=O) groups is 1. The molecule has 1 aromatic carbocycles. The van der Waals surface area contributed by atoms with E-state index in [1.165, 1.54) is 0 Å². The Labute approximate surface area is 113 Å². The first-order chi connectivity index (χ1) is 9.21. The molecule has 0 heterocycles. The lowest BCUT2D eigenvalue weighted by molar-refractivity contribution is -0.116. The number of nitrogens with zero attached hydrogens (tertiary/aromatic N) is 2. The second kappa shape index (κ2) is 7.89. The maximum absolute atomic E-state index is 11.8. The number of hydrogen-bond donors (Lipinski definition) is 1. The highest BCUT2D eigenvalue weighted by Gasteiger charge is 2.11. The van der Waals surface area contributed by atoms with E-state index in [2.05, 4.69) is 11.4 Å². The molecule has 0 saturated heterocycles. The Kier molecular flexibility index (Phi) is 6.12. The Morgan fingerprint density at radius 1 is 1.32 bits per heavy atom. The topological polar surface area (TPSA) is 76.7 Å². The molecule has 0 aliphatic heterocycles. The van der Waals surface area contributed by atoms with Gasteiger partial charge in [-0.25, -0.2) is 0 Å². The molecular weight excluding hydrogens is 238 g/mol. The number of hydrogen-bond acceptors (Lipinski definition) is 3. The highest BCUT2D eigenvalue weighted by molar-refractivity contribution is 5.92. The minimum absolute atomic E-state index is 0.0676. The summed E-state index contributed by atoms with van der Waals surface area (Å²) in [6.07, 6.45) is 2.62. The Morgan fingerprint density at radius 2 is 2.05 bits per heavy atom. The Morgan fingerprint density at radius 3 is 2.68 bits per heavy atom. The van der Waals surface area contributed by atoms with Gasteiger partial charge in [-0.15, -0.1) is 0 Å². The second-order valence-corrected chi connectivity index (χ2v) is 4.36. The molecule has 1 unspecified atom stereocenters. The number of amides is 1. The fourth-order valence-corrected chi connectivity index (χ4v) is 1.83. The van der Waals surface area contributed by atoms with E-state index in [1.54, 1.807) is 24.3 Å². The normalized spacial score (nSPS) is 11.1. The van der Waals surface area contributed by atoms with Crippen LogP contribution in [0.4, 0.5) is 5.69 Å². The quantitative estimate of drug-likeness (QED) is 0.847. The van der Waals surface area contributed by atoms with Gasteiger partial charge in [0.1, 0.15) is 6.07 Å². The predicted octanol–water partition coefficient (Wildman–Crippen LogP) is 3.22. The van der Waals surface area contributed by atoms with E-state index in [1.807, 2.05) is 13.0 Å². The smallest absolute Gasteiger partial charge is 0.224 e. The van der Waals surface area contributed by atoms with Gasteiger partial charge in [-0.3, -0.25) is 4.79 Å². The van der Waals surface area contributed by atoms with Crippen LogP contribution in [0, 0.1) is 28.6 Å². The molecule has 1 N–H and O–H groups in total. The van der Waals surface area contributed by atoms with Crippen LogP contribution in [0.25, 0.3) is 0 Å². The van der Waals surface area contributed by atoms with Crippen molar-refractivity contribution in [3.63, 3.8) is 0 Å². The molecule has 98 valence electrons. The van der Waals surface area contributed by atoms with Gasteiger partial charge in [0.15, 0.2) is 0 Å². The standard InChI is InChI=1S/C15H17N3O/c1-2-5-12(10-16)8-9-15(19)18-14-7-4-3-6-13(14)11-17/h3-4,6-7,12H,2,5,8-9H2,1H3,(H,18,19). The Hall–Kier alpha value is -2.33. The minimum Gasteiger partial charge on any atom is -0.325 e. The van der Waals surface area contributed by atoms with Crippen molar-refractivity contribution in [1.29, 1.82) is 10.5 Å². The lowest BCUT2D eigenvalue weighted by Crippen LogP contribution is -2.13. The van der Waals surface area contributed by atoms with Gasteiger partial charge in [-0.05, 0) is 25.0 Å². The van der Waals surface area contributed by atoms with Crippen LogP contribution < -0.4 is 5.32 Å². The van der Waals surface area contributed by atoms with Gasteiger partial charge in [-0.2, -0.15) is 10.5 Å². The maximum atomic E-state index is 11.8. The van der Waals surface area contributed by atoms with E-state index in [9.17, 15) is 4.79 Å². The van der Waals surface area contributed by atoms with Crippen LogP contribution >= 0.6 is 0 Å². The van der Waals surface area contributed by atoms with Crippen molar-refractivity contribution in [2.45, 2.75) is 32.6 Å². The molecule has 1 rings (SSSR count). The molecule has 1 atom stereocenters. The van der Waals surface area contributed by atoms with Crippen molar-refractivity contribution in [1.82, 2.24) is 0 Å². The molecule has 0 radical (unpaired) electrons. The third kappa shape index (κ3) is 4.81. The molecule has 4 heteroatoms. The third-order valence-corrected chi connectivity index (χ3v) is 2.86. The maximum Gasteiger partial charge on any atom is 0.224 e. The van der Waals surface area contributed by atoms with E-state index in [0.29, 0.717) is 24.1 Å². The van der Waals surface area contributed by atoms with E-state index in [0.717, 1.165) is 12.8 Å². The fraction of sp³-hybridized carbons (Fsp3) is 0.400. The van der Waals surface area contributed by atoms with Crippen molar-refractivity contribution in [3.05, 3.63) is 29.8 Å². The molecular formula is C15H17N3O. The first-order valence-electron chi connectivity index (χ1n) is 6.39. The molecule has 0 aliphatic rings. The van der Waals surface area contributed by atoms with Crippen molar-refractivity contribution >= 4 is 11.6 Å². The van der Waals surface area contributed by atoms with E-state index < -0.39 is 0 Å². The summed E-state index contributed by atoms with van der Waals surface area (Å²) in [7, 11) is 0. The van der Waals surface area contributed by atoms with E-state index >= 15 is 0 Å². The van der Waals surface area contributed by atoms with Crippen LogP contribution in [-0.4, -0.2) is 5.91 Å². The van der Waals surface area contributed by atoms with Crippen molar-refractivity contribution in [2.75, 3.05) is 5.32 Å². The van der Waals surface area contributed by atoms with Gasteiger partial charge in [-0.1, -0.05) is 25.5 Å². The summed E-state index contributed by atoms with van der Waals surface area (Å²) in [5.74, 6) is -0.221. The highest BCUT2D eigenvalue weighted by Crippen LogP contribution is 2.16. The zero-order valence-electron chi connectivity index (χ0n) is 11.0. The molecule has 0 fully saturated rings. The lowest BCUT2D eigenvalue weighted by atomic mass is 9.99. The second-order valence-electron chi connectivity index (χ2n) is 4.36. The molecule has 0 spiro atoms. The number of carbonyl (C=O) groups excluding carboxylic acids is 1. The number of nitriles is 2. The summed E-state index contributed by atoms with van der Waals surface area (Å²) in [6.45, 7) is 2.02. The van der Waals surface area contributed by atoms with Crippen LogP contribution in [0.1, 0.15) is 38.2 Å².